The van der Waals surface area contributed by atoms with Gasteiger partial charge < -0.3 is 0 Å². The third kappa shape index (κ3) is 9.01. The molecule has 0 unspecified atom stereocenters. The van der Waals surface area contributed by atoms with Gasteiger partial charge in [0.25, 0.3) is 0 Å². The molecule has 0 aromatic heterocycles. The normalized spacial score (nSPS) is 5.25. The van der Waals surface area contributed by atoms with Crippen LogP contribution in [0.15, 0.2) is 0 Å². The average molecular weight is 339 g/mol. The summed E-state index contributed by atoms with van der Waals surface area (Å²) in [7, 11) is 0. The van der Waals surface area contributed by atoms with E-state index in [1.165, 1.54) is 0 Å². The Balaban J connectivity index is 0. The van der Waals surface area contributed by atoms with Crippen molar-refractivity contribution in [3.63, 3.8) is 0 Å². The zero-order chi connectivity index (χ0) is 2.71. The molecular formula is H6BaEuOSi. The standard InChI is InChI=1S/Ba.Eu.H2O.H3Si.2H/h;;1H2;1H3;;/q;+1;;;;/p-1. The molecule has 0 spiro atoms. The fourth-order valence-electron chi connectivity index (χ4n) is 0. The fraction of sp³-hybridized carbons (Fsp3) is 0. The molecule has 0 saturated carbocycles. The first-order chi connectivity index (χ1) is 1.41. The predicted molar refractivity (Wildman–Crippen MR) is 20.7 cm³/mol. The van der Waals surface area contributed by atoms with E-state index >= 15 is 0 Å². The van der Waals surface area contributed by atoms with Crippen LogP contribution in [0.25, 0.3) is 0 Å². The second-order valence-electron chi connectivity index (χ2n) is 0.169. The van der Waals surface area contributed by atoms with Crippen LogP contribution in [0.5, 0.6) is 0 Å². The number of hydrogen-bond acceptors (Lipinski definition) is 1. The quantitative estimate of drug-likeness (QED) is 0.478. The topological polar surface area (TPSA) is 20.2 Å². The van der Waals surface area contributed by atoms with E-state index in [9.17, 15) is 0 Å². The minimum absolute atomic E-state index is 0. The van der Waals surface area contributed by atoms with Gasteiger partial charge in [0.1, 0.15) is 0 Å². The minimum atomic E-state index is -0.528. The van der Waals surface area contributed by atoms with Crippen molar-refractivity contribution in [2.75, 3.05) is 0 Å². The Labute approximate surface area is 93.1 Å². The van der Waals surface area contributed by atoms with Crippen LogP contribution in [0.2, 0.25) is 0 Å². The van der Waals surface area contributed by atoms with Gasteiger partial charge in [-0.15, -0.1) is 0 Å². The summed E-state index contributed by atoms with van der Waals surface area (Å²) >= 11 is -0.528. The summed E-state index contributed by atoms with van der Waals surface area (Å²) < 4.78 is 8.86. The van der Waals surface area contributed by atoms with Crippen molar-refractivity contribution in [1.29, 1.82) is 0 Å². The second kappa shape index (κ2) is 9.59. The Morgan fingerprint density at radius 2 is 1.75 bits per heavy atom. The summed E-state index contributed by atoms with van der Waals surface area (Å²) in [5.74, 6) is 0. The first kappa shape index (κ1) is 10.3. The van der Waals surface area contributed by atoms with Gasteiger partial charge in [0.2, 0.25) is 0 Å². The van der Waals surface area contributed by atoms with Crippen LogP contribution in [0.4, 0.5) is 0 Å². The first-order valence-corrected chi connectivity index (χ1v) is 9.66. The first-order valence-electron chi connectivity index (χ1n) is 0.547. The molecule has 0 fully saturated rings. The van der Waals surface area contributed by atoms with Crippen molar-refractivity contribution in [3.05, 3.63) is 0 Å². The van der Waals surface area contributed by atoms with E-state index in [0.717, 1.165) is 3.29 Å². The Hall–Kier alpha value is 3.33. The molecule has 0 aliphatic carbocycles. The maximum absolute atomic E-state index is 7.78. The Bertz CT molecular complexity index is 8.00. The van der Waals surface area contributed by atoms with Gasteiger partial charge in [-0.2, -0.15) is 0 Å². The summed E-state index contributed by atoms with van der Waals surface area (Å²) in [5, 5.41) is 0. The van der Waals surface area contributed by atoms with Crippen LogP contribution in [0.1, 0.15) is 0 Å². The van der Waals surface area contributed by atoms with Crippen LogP contribution in [0.3, 0.4) is 0 Å². The second-order valence-corrected chi connectivity index (χ2v) is 3.76. The number of rotatable bonds is 0. The molecule has 0 rings (SSSR count). The molecule has 0 heterocycles. The maximum atomic E-state index is 7.78. The van der Waals surface area contributed by atoms with Gasteiger partial charge in [0.15, 0.2) is 0 Å². The van der Waals surface area contributed by atoms with Gasteiger partial charge >= 0.3 is 96.6 Å². The molecular weight excluding hydrogens is 333 g/mol. The van der Waals surface area contributed by atoms with Crippen molar-refractivity contribution in [1.82, 2.24) is 0 Å². The molecule has 25 valence electrons. The molecule has 0 saturated heterocycles. The van der Waals surface area contributed by atoms with Crippen LogP contribution in [-0.2, 0) is 0 Å². The summed E-state index contributed by atoms with van der Waals surface area (Å²) in [6.07, 6.45) is 0. The predicted octanol–water partition coefficient (Wildman–Crippen LogP) is -2.66. The van der Waals surface area contributed by atoms with Gasteiger partial charge in [-0.3, -0.25) is 0 Å². The molecule has 4 heteroatoms. The SMILES string of the molecule is [BaH2].[OH][Eu][SiH3]. The summed E-state index contributed by atoms with van der Waals surface area (Å²) in [6.45, 7) is 0. The summed E-state index contributed by atoms with van der Waals surface area (Å²) in [6, 6.07) is 0. The van der Waals surface area contributed by atoms with Gasteiger partial charge in [-0.1, -0.05) is 0 Å². The molecule has 1 N–H and O–H groups in total. The van der Waals surface area contributed by atoms with Crippen LogP contribution >= 0.6 is 0 Å². The van der Waals surface area contributed by atoms with E-state index in [-0.39, 0.29) is 48.9 Å². The third-order valence-corrected chi connectivity index (χ3v) is 0. The van der Waals surface area contributed by atoms with E-state index in [2.05, 4.69) is 0 Å². The Kier molecular flexibility index (Phi) is 24.8. The van der Waals surface area contributed by atoms with E-state index in [1.54, 1.807) is 0 Å². The zero-order valence-corrected chi connectivity index (χ0v) is 6.25. The van der Waals surface area contributed by atoms with Crippen molar-refractivity contribution >= 4 is 52.2 Å². The summed E-state index contributed by atoms with van der Waals surface area (Å²) in [4.78, 5) is 0. The Morgan fingerprint density at radius 3 is 1.75 bits per heavy atom. The Morgan fingerprint density at radius 1 is 1.75 bits per heavy atom. The van der Waals surface area contributed by atoms with E-state index in [4.69, 9.17) is 0.364 Å². The monoisotopic (exact) mass is 341 g/mol. The molecule has 0 aromatic carbocycles. The molecule has 1 nitrogen and oxygen atoms in total. The van der Waals surface area contributed by atoms with E-state index < -0.39 is 44.1 Å². The van der Waals surface area contributed by atoms with Crippen LogP contribution in [-0.4, -0.2) is 52.5 Å². The van der Waals surface area contributed by atoms with Crippen molar-refractivity contribution in [3.8, 4) is 0 Å². The van der Waals surface area contributed by atoms with Crippen molar-refractivity contribution in [2.45, 2.75) is 0 Å². The fourth-order valence-corrected chi connectivity index (χ4v) is 0. The van der Waals surface area contributed by atoms with Gasteiger partial charge in [0.05, 0.1) is 0 Å². The van der Waals surface area contributed by atoms with Crippen molar-refractivity contribution in [2.24, 2.45) is 0 Å². The summed E-state index contributed by atoms with van der Waals surface area (Å²) in [5.41, 5.74) is 0. The molecule has 0 aromatic rings. The molecule has 0 radical (unpaired) electrons. The number of hydrogen-bond donors (Lipinski definition) is 1. The molecule has 0 bridgehead atoms. The zero-order valence-electron chi connectivity index (χ0n) is 1.83. The molecule has 4 heavy (non-hydrogen) atoms. The van der Waals surface area contributed by atoms with E-state index in [1.807, 2.05) is 0 Å². The van der Waals surface area contributed by atoms with Gasteiger partial charge in [-0.25, -0.2) is 0 Å². The molecule has 0 atom stereocenters. The van der Waals surface area contributed by atoms with Crippen LogP contribution in [0, 0.1) is 44.1 Å². The van der Waals surface area contributed by atoms with Crippen LogP contribution < -0.4 is 0 Å². The van der Waals surface area contributed by atoms with Gasteiger partial charge in [0, 0.05) is 0 Å². The van der Waals surface area contributed by atoms with E-state index in [0.29, 0.717) is 0 Å². The molecule has 0 amide bonds. The van der Waals surface area contributed by atoms with Gasteiger partial charge in [-0.05, 0) is 0 Å². The molecule has 0 aliphatic heterocycles. The molecule has 0 aliphatic rings. The average Bonchev–Trinajstić information content (AvgIpc) is 0.918. The van der Waals surface area contributed by atoms with Crippen molar-refractivity contribution < 1.29 is 44.4 Å². The third-order valence-electron chi connectivity index (χ3n) is 0.